The Labute approximate surface area is 218 Å². The first-order valence-electron chi connectivity index (χ1n) is 12.7. The van der Waals surface area contributed by atoms with E-state index in [9.17, 15) is 0 Å². The summed E-state index contributed by atoms with van der Waals surface area (Å²) in [6, 6.07) is 12.6. The number of pyridine rings is 3. The second-order valence-electron chi connectivity index (χ2n) is 9.69. The molecular weight excluding hydrogens is 480 g/mol. The summed E-state index contributed by atoms with van der Waals surface area (Å²) in [4.78, 5) is 19.7. The van der Waals surface area contributed by atoms with Gasteiger partial charge in [0.05, 0.1) is 35.4 Å². The number of nitrogens with zero attached hydrogens (tertiary/aromatic N) is 4. The number of thiophene rings is 1. The molecule has 6 heterocycles. The monoisotopic (exact) mass is 506 g/mol. The zero-order valence-corrected chi connectivity index (χ0v) is 21.3. The van der Waals surface area contributed by atoms with Crippen molar-refractivity contribution in [2.45, 2.75) is 45.1 Å². The molecule has 1 aliphatic carbocycles. The molecule has 0 bridgehead atoms. The SMILES string of the molecule is Cc1ccc(-c2ccnc3[nH]c(-c4n[nH]c5cnc(-c6cncc(OC7CCCCC7)c6)cc45)cc23)s1. The molecule has 0 spiro atoms. The third kappa shape index (κ3) is 4.17. The number of hydrogen-bond donors (Lipinski definition) is 2. The summed E-state index contributed by atoms with van der Waals surface area (Å²) in [6.07, 6.45) is 13.6. The van der Waals surface area contributed by atoms with Crippen LogP contribution in [0.3, 0.4) is 0 Å². The Bertz CT molecular complexity index is 1730. The summed E-state index contributed by atoms with van der Waals surface area (Å²) in [5, 5.41) is 9.84. The molecule has 6 aromatic heterocycles. The number of aromatic amines is 2. The number of hydrogen-bond acceptors (Lipinski definition) is 6. The highest BCUT2D eigenvalue weighted by molar-refractivity contribution is 7.15. The van der Waals surface area contributed by atoms with Gasteiger partial charge in [-0.05, 0) is 69.0 Å². The van der Waals surface area contributed by atoms with Crippen LogP contribution in [-0.4, -0.2) is 36.2 Å². The summed E-state index contributed by atoms with van der Waals surface area (Å²) in [5.74, 6) is 0.803. The van der Waals surface area contributed by atoms with E-state index in [-0.39, 0.29) is 6.10 Å². The number of ether oxygens (including phenoxy) is 1. The first kappa shape index (κ1) is 22.2. The molecule has 1 aliphatic rings. The van der Waals surface area contributed by atoms with E-state index in [1.807, 2.05) is 24.7 Å². The molecule has 2 N–H and O–H groups in total. The zero-order chi connectivity index (χ0) is 24.8. The maximum Gasteiger partial charge on any atom is 0.138 e. The lowest BCUT2D eigenvalue weighted by atomic mass is 9.98. The summed E-state index contributed by atoms with van der Waals surface area (Å²) >= 11 is 1.79. The van der Waals surface area contributed by atoms with Gasteiger partial charge in [0.1, 0.15) is 17.1 Å². The number of rotatable bonds is 5. The van der Waals surface area contributed by atoms with Gasteiger partial charge in [-0.3, -0.25) is 15.1 Å². The zero-order valence-electron chi connectivity index (χ0n) is 20.5. The van der Waals surface area contributed by atoms with E-state index < -0.39 is 0 Å². The molecule has 1 fully saturated rings. The number of aryl methyl sites for hydroxylation is 1. The average Bonchev–Trinajstić information content (AvgIpc) is 3.66. The number of aromatic nitrogens is 6. The van der Waals surface area contributed by atoms with Crippen LogP contribution in [0, 0.1) is 6.92 Å². The molecule has 0 atom stereocenters. The molecule has 0 amide bonds. The van der Waals surface area contributed by atoms with Gasteiger partial charge < -0.3 is 9.72 Å². The third-order valence-corrected chi connectivity index (χ3v) is 8.14. The average molecular weight is 507 g/mol. The molecule has 7 rings (SSSR count). The molecule has 1 saturated carbocycles. The summed E-state index contributed by atoms with van der Waals surface area (Å²) in [7, 11) is 0. The van der Waals surface area contributed by atoms with Crippen molar-refractivity contribution in [3.63, 3.8) is 0 Å². The van der Waals surface area contributed by atoms with Crippen LogP contribution in [0.4, 0.5) is 0 Å². The van der Waals surface area contributed by atoms with Crippen LogP contribution in [0.5, 0.6) is 5.75 Å². The van der Waals surface area contributed by atoms with Crippen LogP contribution >= 0.6 is 11.3 Å². The molecule has 7 nitrogen and oxygen atoms in total. The molecule has 184 valence electrons. The second-order valence-corrected chi connectivity index (χ2v) is 11.0. The topological polar surface area (TPSA) is 92.4 Å². The Morgan fingerprint density at radius 3 is 2.73 bits per heavy atom. The van der Waals surface area contributed by atoms with Crippen molar-refractivity contribution < 1.29 is 4.74 Å². The normalized spacial score (nSPS) is 14.5. The molecule has 0 saturated heterocycles. The van der Waals surface area contributed by atoms with Crippen LogP contribution in [0.1, 0.15) is 37.0 Å². The number of H-pyrrole nitrogens is 2. The Morgan fingerprint density at radius 1 is 0.946 bits per heavy atom. The van der Waals surface area contributed by atoms with Crippen LogP contribution in [0.15, 0.2) is 61.2 Å². The maximum absolute atomic E-state index is 6.25. The fraction of sp³-hybridized carbons (Fsp3) is 0.241. The Balaban J connectivity index is 1.26. The van der Waals surface area contributed by atoms with Crippen molar-refractivity contribution >= 4 is 33.3 Å². The van der Waals surface area contributed by atoms with Crippen molar-refractivity contribution in [2.75, 3.05) is 0 Å². The molecule has 0 aliphatic heterocycles. The molecular formula is C29H26N6OS. The number of fused-ring (bicyclic) bond motifs is 2. The van der Waals surface area contributed by atoms with Gasteiger partial charge in [-0.2, -0.15) is 5.10 Å². The molecule has 0 unspecified atom stereocenters. The minimum absolute atomic E-state index is 0.278. The van der Waals surface area contributed by atoms with Gasteiger partial charge in [-0.25, -0.2) is 4.98 Å². The summed E-state index contributed by atoms with van der Waals surface area (Å²) in [5.41, 5.74) is 6.42. The fourth-order valence-corrected chi connectivity index (χ4v) is 6.13. The van der Waals surface area contributed by atoms with Gasteiger partial charge in [0, 0.05) is 44.0 Å². The quantitative estimate of drug-likeness (QED) is 0.256. The lowest BCUT2D eigenvalue weighted by molar-refractivity contribution is 0.154. The van der Waals surface area contributed by atoms with Crippen molar-refractivity contribution in [1.29, 1.82) is 0 Å². The summed E-state index contributed by atoms with van der Waals surface area (Å²) in [6.45, 7) is 2.13. The van der Waals surface area contributed by atoms with E-state index in [2.05, 4.69) is 67.4 Å². The van der Waals surface area contributed by atoms with Crippen LogP contribution < -0.4 is 4.74 Å². The molecule has 37 heavy (non-hydrogen) atoms. The highest BCUT2D eigenvalue weighted by atomic mass is 32.1. The highest BCUT2D eigenvalue weighted by Gasteiger charge is 2.18. The lowest BCUT2D eigenvalue weighted by Gasteiger charge is -2.22. The largest absolute Gasteiger partial charge is 0.489 e. The molecule has 8 heteroatoms. The van der Waals surface area contributed by atoms with Crippen LogP contribution in [0.25, 0.3) is 55.0 Å². The lowest BCUT2D eigenvalue weighted by Crippen LogP contribution is -2.19. The predicted molar refractivity (Wildman–Crippen MR) is 148 cm³/mol. The van der Waals surface area contributed by atoms with Crippen molar-refractivity contribution in [3.8, 4) is 38.8 Å². The van der Waals surface area contributed by atoms with Crippen molar-refractivity contribution in [3.05, 3.63) is 66.1 Å². The first-order chi connectivity index (χ1) is 18.2. The van der Waals surface area contributed by atoms with Gasteiger partial charge in [0.15, 0.2) is 0 Å². The van der Waals surface area contributed by atoms with Gasteiger partial charge in [0.2, 0.25) is 0 Å². The Morgan fingerprint density at radius 2 is 1.86 bits per heavy atom. The van der Waals surface area contributed by atoms with Crippen molar-refractivity contribution in [2.24, 2.45) is 0 Å². The second kappa shape index (κ2) is 9.12. The third-order valence-electron chi connectivity index (χ3n) is 7.10. The molecule has 0 radical (unpaired) electrons. The van der Waals surface area contributed by atoms with Gasteiger partial charge in [-0.15, -0.1) is 11.3 Å². The summed E-state index contributed by atoms with van der Waals surface area (Å²) < 4.78 is 6.25. The minimum Gasteiger partial charge on any atom is -0.489 e. The number of nitrogens with one attached hydrogen (secondary N) is 2. The van der Waals surface area contributed by atoms with E-state index in [0.717, 1.165) is 63.2 Å². The van der Waals surface area contributed by atoms with Gasteiger partial charge in [0.25, 0.3) is 0 Å². The molecule has 0 aromatic carbocycles. The van der Waals surface area contributed by atoms with E-state index in [1.54, 1.807) is 17.5 Å². The highest BCUT2D eigenvalue weighted by Crippen LogP contribution is 2.36. The standard InChI is InChI=1S/C29H26N6OS/c1-17-7-8-27(37-17)21-9-10-31-29-22(21)12-25(33-29)28-23-13-24(32-16-26(23)34-35-28)18-11-20(15-30-14-18)36-19-5-3-2-4-6-19/h7-16,19H,2-6H2,1H3,(H,31,33)(H,34,35). The van der Waals surface area contributed by atoms with E-state index in [1.165, 1.54) is 34.6 Å². The Hall–Kier alpha value is -4.04. The van der Waals surface area contributed by atoms with E-state index in [0.29, 0.717) is 0 Å². The van der Waals surface area contributed by atoms with Crippen molar-refractivity contribution in [1.82, 2.24) is 30.1 Å². The van der Waals surface area contributed by atoms with Gasteiger partial charge in [-0.1, -0.05) is 6.42 Å². The smallest absolute Gasteiger partial charge is 0.138 e. The van der Waals surface area contributed by atoms with Gasteiger partial charge >= 0.3 is 0 Å². The Kier molecular flexibility index (Phi) is 5.47. The van der Waals surface area contributed by atoms with Crippen LogP contribution in [-0.2, 0) is 0 Å². The van der Waals surface area contributed by atoms with E-state index >= 15 is 0 Å². The fourth-order valence-electron chi connectivity index (χ4n) is 5.23. The van der Waals surface area contributed by atoms with E-state index in [4.69, 9.17) is 4.74 Å². The minimum atomic E-state index is 0.278. The molecule has 6 aromatic rings. The van der Waals surface area contributed by atoms with Crippen LogP contribution in [0.2, 0.25) is 0 Å². The predicted octanol–water partition coefficient (Wildman–Crippen LogP) is 7.31. The maximum atomic E-state index is 6.25. The first-order valence-corrected chi connectivity index (χ1v) is 13.5.